The van der Waals surface area contributed by atoms with Gasteiger partial charge in [-0.25, -0.2) is 0 Å². The summed E-state index contributed by atoms with van der Waals surface area (Å²) in [4.78, 5) is 11.3. The van der Waals surface area contributed by atoms with E-state index in [1.165, 1.54) is 12.7 Å². The van der Waals surface area contributed by atoms with Crippen LogP contribution in [0.4, 0.5) is 0 Å². The Balaban J connectivity index is 1.97. The molecule has 17 heavy (non-hydrogen) atoms. The highest BCUT2D eigenvalue weighted by Gasteiger charge is 2.46. The summed E-state index contributed by atoms with van der Waals surface area (Å²) in [5.74, 6) is -0.209. The number of benzene rings is 1. The van der Waals surface area contributed by atoms with Gasteiger partial charge in [0.25, 0.3) is 0 Å². The molecule has 1 saturated carbocycles. The molecular weight excluding hydrogens is 216 g/mol. The fourth-order valence-corrected chi connectivity index (χ4v) is 2.37. The predicted octanol–water partition coefficient (Wildman–Crippen LogP) is 1.96. The Morgan fingerprint density at radius 3 is 2.65 bits per heavy atom. The Bertz CT molecular complexity index is 388. The number of ether oxygens (including phenoxy) is 1. The van der Waals surface area contributed by atoms with E-state index in [1.54, 1.807) is 6.92 Å². The van der Waals surface area contributed by atoms with Crippen molar-refractivity contribution in [1.82, 2.24) is 0 Å². The third kappa shape index (κ3) is 2.50. The summed E-state index contributed by atoms with van der Waals surface area (Å²) in [6.07, 6.45) is 0.347. The van der Waals surface area contributed by atoms with Crippen LogP contribution >= 0.6 is 0 Å². The highest BCUT2D eigenvalue weighted by atomic mass is 16.5. The third-order valence-electron chi connectivity index (χ3n) is 3.59. The molecular formula is C14H18O3. The SMILES string of the molecule is COC(=O)[C@@H](C)[C@H](O)[C@H]1C[C@@H]1c1ccccc1. The van der Waals surface area contributed by atoms with Crippen LogP contribution in [0.5, 0.6) is 0 Å². The third-order valence-corrected chi connectivity index (χ3v) is 3.59. The van der Waals surface area contributed by atoms with Crippen molar-refractivity contribution in [2.45, 2.75) is 25.4 Å². The van der Waals surface area contributed by atoms with E-state index in [9.17, 15) is 9.90 Å². The molecule has 0 bridgehead atoms. The van der Waals surface area contributed by atoms with Crippen molar-refractivity contribution in [2.24, 2.45) is 11.8 Å². The summed E-state index contributed by atoms with van der Waals surface area (Å²) in [5, 5.41) is 10.1. The summed E-state index contributed by atoms with van der Waals surface area (Å²) >= 11 is 0. The van der Waals surface area contributed by atoms with Crippen molar-refractivity contribution in [2.75, 3.05) is 7.11 Å². The summed E-state index contributed by atoms with van der Waals surface area (Å²) in [6, 6.07) is 10.1. The van der Waals surface area contributed by atoms with E-state index in [-0.39, 0.29) is 11.9 Å². The van der Waals surface area contributed by atoms with Gasteiger partial charge in [0.2, 0.25) is 0 Å². The van der Waals surface area contributed by atoms with E-state index in [2.05, 4.69) is 16.9 Å². The number of carbonyl (C=O) groups excluding carboxylic acids is 1. The zero-order valence-corrected chi connectivity index (χ0v) is 10.2. The Hall–Kier alpha value is -1.35. The lowest BCUT2D eigenvalue weighted by atomic mass is 9.98. The minimum absolute atomic E-state index is 0.187. The van der Waals surface area contributed by atoms with E-state index in [1.807, 2.05) is 18.2 Å². The van der Waals surface area contributed by atoms with Crippen LogP contribution < -0.4 is 0 Å². The Kier molecular flexibility index (Phi) is 3.48. The van der Waals surface area contributed by atoms with Crippen LogP contribution in [0.15, 0.2) is 30.3 Å². The first-order valence-electron chi connectivity index (χ1n) is 5.96. The van der Waals surface area contributed by atoms with Crippen LogP contribution in [-0.2, 0) is 9.53 Å². The maximum Gasteiger partial charge on any atom is 0.311 e. The van der Waals surface area contributed by atoms with Crippen LogP contribution in [0.25, 0.3) is 0 Å². The van der Waals surface area contributed by atoms with Crippen molar-refractivity contribution in [3.8, 4) is 0 Å². The number of esters is 1. The molecule has 0 saturated heterocycles. The summed E-state index contributed by atoms with van der Waals surface area (Å²) in [7, 11) is 1.35. The summed E-state index contributed by atoms with van der Waals surface area (Å²) in [5.41, 5.74) is 1.24. The van der Waals surface area contributed by atoms with Crippen molar-refractivity contribution in [1.29, 1.82) is 0 Å². The number of hydrogen-bond donors (Lipinski definition) is 1. The zero-order chi connectivity index (χ0) is 12.4. The van der Waals surface area contributed by atoms with E-state index >= 15 is 0 Å². The molecule has 0 unspecified atom stereocenters. The topological polar surface area (TPSA) is 46.5 Å². The lowest BCUT2D eigenvalue weighted by molar-refractivity contribution is -0.149. The van der Waals surface area contributed by atoms with Crippen molar-refractivity contribution >= 4 is 5.97 Å². The van der Waals surface area contributed by atoms with Crippen LogP contribution in [0.2, 0.25) is 0 Å². The molecule has 2 rings (SSSR count). The van der Waals surface area contributed by atoms with Gasteiger partial charge in [-0.05, 0) is 30.7 Å². The molecule has 1 aliphatic carbocycles. The Morgan fingerprint density at radius 2 is 2.06 bits per heavy atom. The molecule has 3 nitrogen and oxygen atoms in total. The molecule has 1 N–H and O–H groups in total. The molecule has 92 valence electrons. The quantitative estimate of drug-likeness (QED) is 0.810. The highest BCUT2D eigenvalue weighted by molar-refractivity contribution is 5.72. The van der Waals surface area contributed by atoms with E-state index in [0.717, 1.165) is 6.42 Å². The van der Waals surface area contributed by atoms with Gasteiger partial charge in [-0.1, -0.05) is 30.3 Å². The largest absolute Gasteiger partial charge is 0.469 e. The molecule has 1 aliphatic rings. The maximum atomic E-state index is 11.3. The standard InChI is InChI=1S/C14H18O3/c1-9(14(16)17-2)13(15)12-8-11(12)10-6-4-3-5-7-10/h3-7,9,11-13,15H,8H2,1-2H3/t9-,11+,12-,13-/m0/s1. The fourth-order valence-electron chi connectivity index (χ4n) is 2.37. The van der Waals surface area contributed by atoms with Gasteiger partial charge in [0.05, 0.1) is 19.1 Å². The van der Waals surface area contributed by atoms with Gasteiger partial charge in [-0.2, -0.15) is 0 Å². The second-order valence-electron chi connectivity index (χ2n) is 4.72. The number of methoxy groups -OCH3 is 1. The highest BCUT2D eigenvalue weighted by Crippen LogP contribution is 2.50. The number of carbonyl (C=O) groups is 1. The number of rotatable bonds is 4. The molecule has 0 radical (unpaired) electrons. The van der Waals surface area contributed by atoms with E-state index in [0.29, 0.717) is 5.92 Å². The molecule has 0 aromatic heterocycles. The van der Waals surface area contributed by atoms with Gasteiger partial charge < -0.3 is 9.84 Å². The van der Waals surface area contributed by atoms with E-state index in [4.69, 9.17) is 0 Å². The second kappa shape index (κ2) is 4.88. The Morgan fingerprint density at radius 1 is 1.41 bits per heavy atom. The Labute approximate surface area is 101 Å². The number of hydrogen-bond acceptors (Lipinski definition) is 3. The number of aliphatic hydroxyl groups is 1. The minimum atomic E-state index is -0.604. The lowest BCUT2D eigenvalue weighted by Gasteiger charge is -2.16. The van der Waals surface area contributed by atoms with Crippen LogP contribution in [-0.4, -0.2) is 24.3 Å². The van der Waals surface area contributed by atoms with Crippen molar-refractivity contribution in [3.05, 3.63) is 35.9 Å². The molecule has 1 aromatic carbocycles. The average Bonchev–Trinajstić information content (AvgIpc) is 3.17. The normalized spacial score (nSPS) is 26.1. The van der Waals surface area contributed by atoms with Gasteiger partial charge in [-0.3, -0.25) is 4.79 Å². The maximum absolute atomic E-state index is 11.3. The smallest absolute Gasteiger partial charge is 0.311 e. The van der Waals surface area contributed by atoms with Gasteiger partial charge in [0.15, 0.2) is 0 Å². The first-order chi connectivity index (χ1) is 8.15. The van der Waals surface area contributed by atoms with Crippen molar-refractivity contribution in [3.63, 3.8) is 0 Å². The molecule has 3 heteroatoms. The molecule has 4 atom stereocenters. The first kappa shape index (κ1) is 12.1. The van der Waals surface area contributed by atoms with Crippen LogP contribution in [0, 0.1) is 11.8 Å². The first-order valence-corrected chi connectivity index (χ1v) is 5.96. The van der Waals surface area contributed by atoms with Gasteiger partial charge in [0.1, 0.15) is 0 Å². The molecule has 0 aliphatic heterocycles. The minimum Gasteiger partial charge on any atom is -0.469 e. The predicted molar refractivity (Wildman–Crippen MR) is 64.5 cm³/mol. The molecule has 0 spiro atoms. The summed E-state index contributed by atoms with van der Waals surface area (Å²) < 4.78 is 4.65. The van der Waals surface area contributed by atoms with Gasteiger partial charge in [0, 0.05) is 0 Å². The molecule has 0 heterocycles. The monoisotopic (exact) mass is 234 g/mol. The fraction of sp³-hybridized carbons (Fsp3) is 0.500. The van der Waals surface area contributed by atoms with Crippen LogP contribution in [0.1, 0.15) is 24.8 Å². The molecule has 1 fully saturated rings. The van der Waals surface area contributed by atoms with Gasteiger partial charge in [-0.15, -0.1) is 0 Å². The van der Waals surface area contributed by atoms with Crippen molar-refractivity contribution < 1.29 is 14.6 Å². The second-order valence-corrected chi connectivity index (χ2v) is 4.72. The molecule has 1 aromatic rings. The van der Waals surface area contributed by atoms with Gasteiger partial charge >= 0.3 is 5.97 Å². The lowest BCUT2D eigenvalue weighted by Crippen LogP contribution is -2.28. The van der Waals surface area contributed by atoms with E-state index < -0.39 is 12.0 Å². The zero-order valence-electron chi connectivity index (χ0n) is 10.2. The number of aliphatic hydroxyl groups excluding tert-OH is 1. The summed E-state index contributed by atoms with van der Waals surface area (Å²) in [6.45, 7) is 1.72. The molecule has 0 amide bonds. The van der Waals surface area contributed by atoms with Crippen LogP contribution in [0.3, 0.4) is 0 Å². The average molecular weight is 234 g/mol.